The van der Waals surface area contributed by atoms with Gasteiger partial charge in [0.25, 0.3) is 0 Å². The zero-order valence-corrected chi connectivity index (χ0v) is 11.4. The van der Waals surface area contributed by atoms with Gasteiger partial charge in [0.1, 0.15) is 5.82 Å². The maximum Gasteiger partial charge on any atom is 0.148 e. The molecule has 1 unspecified atom stereocenters. The second-order valence-electron chi connectivity index (χ2n) is 5.54. The van der Waals surface area contributed by atoms with Crippen molar-refractivity contribution >= 4 is 5.82 Å². The average molecular weight is 263 g/mol. The fraction of sp³-hybridized carbons (Fsp3) is 0.714. The standard InChI is InChI=1S/C14H21N3O2/c1-11-2-3-13(17-16-11)15-12-4-7-19-14(10-12)5-8-18-9-6-14/h2-3,12H,4-10H2,1H3,(H,15,17). The normalized spacial score (nSPS) is 26.3. The molecule has 1 spiro atoms. The number of aromatic nitrogens is 2. The Morgan fingerprint density at radius 1 is 1.21 bits per heavy atom. The summed E-state index contributed by atoms with van der Waals surface area (Å²) >= 11 is 0. The average Bonchev–Trinajstić information content (AvgIpc) is 2.42. The van der Waals surface area contributed by atoms with E-state index in [0.29, 0.717) is 6.04 Å². The molecule has 1 aromatic rings. The molecule has 2 aliphatic heterocycles. The lowest BCUT2D eigenvalue weighted by molar-refractivity contribution is -0.135. The second-order valence-corrected chi connectivity index (χ2v) is 5.54. The van der Waals surface area contributed by atoms with Gasteiger partial charge < -0.3 is 14.8 Å². The molecule has 0 radical (unpaired) electrons. The van der Waals surface area contributed by atoms with Gasteiger partial charge in [0.15, 0.2) is 0 Å². The number of rotatable bonds is 2. The summed E-state index contributed by atoms with van der Waals surface area (Å²) in [5.41, 5.74) is 0.963. The molecule has 5 heteroatoms. The minimum absolute atomic E-state index is 0.0201. The van der Waals surface area contributed by atoms with Gasteiger partial charge in [0.05, 0.1) is 11.3 Å². The molecule has 104 valence electrons. The summed E-state index contributed by atoms with van der Waals surface area (Å²) in [4.78, 5) is 0. The van der Waals surface area contributed by atoms with Crippen molar-refractivity contribution in [1.82, 2.24) is 10.2 Å². The van der Waals surface area contributed by atoms with E-state index in [9.17, 15) is 0 Å². The van der Waals surface area contributed by atoms with Crippen molar-refractivity contribution in [1.29, 1.82) is 0 Å². The van der Waals surface area contributed by atoms with Gasteiger partial charge >= 0.3 is 0 Å². The Bertz CT molecular complexity index is 410. The molecule has 3 heterocycles. The molecule has 19 heavy (non-hydrogen) atoms. The monoisotopic (exact) mass is 263 g/mol. The van der Waals surface area contributed by atoms with Crippen LogP contribution in [-0.2, 0) is 9.47 Å². The number of hydrogen-bond donors (Lipinski definition) is 1. The smallest absolute Gasteiger partial charge is 0.148 e. The van der Waals surface area contributed by atoms with Crippen LogP contribution in [0.5, 0.6) is 0 Å². The summed E-state index contributed by atoms with van der Waals surface area (Å²) in [6, 6.07) is 4.40. The van der Waals surface area contributed by atoms with E-state index in [0.717, 1.165) is 57.0 Å². The first kappa shape index (κ1) is 12.8. The van der Waals surface area contributed by atoms with Crippen molar-refractivity contribution in [3.8, 4) is 0 Å². The maximum absolute atomic E-state index is 6.04. The minimum atomic E-state index is 0.0201. The summed E-state index contributed by atoms with van der Waals surface area (Å²) in [6.07, 6.45) is 4.07. The van der Waals surface area contributed by atoms with Crippen LogP contribution in [0, 0.1) is 6.92 Å². The van der Waals surface area contributed by atoms with Crippen molar-refractivity contribution in [2.75, 3.05) is 25.1 Å². The fourth-order valence-corrected chi connectivity index (χ4v) is 2.93. The molecule has 2 saturated heterocycles. The van der Waals surface area contributed by atoms with Crippen molar-refractivity contribution in [2.45, 2.75) is 44.2 Å². The molecule has 0 aliphatic carbocycles. The van der Waals surface area contributed by atoms with Gasteiger partial charge in [-0.3, -0.25) is 0 Å². The molecule has 3 rings (SSSR count). The second kappa shape index (κ2) is 5.43. The third kappa shape index (κ3) is 3.04. The lowest BCUT2D eigenvalue weighted by Crippen LogP contribution is -2.47. The van der Waals surface area contributed by atoms with E-state index in [-0.39, 0.29) is 5.60 Å². The van der Waals surface area contributed by atoms with Crippen molar-refractivity contribution in [3.05, 3.63) is 17.8 Å². The highest BCUT2D eigenvalue weighted by Crippen LogP contribution is 2.35. The summed E-state index contributed by atoms with van der Waals surface area (Å²) in [5, 5.41) is 11.7. The van der Waals surface area contributed by atoms with Crippen LogP contribution in [0.25, 0.3) is 0 Å². The Balaban J connectivity index is 1.63. The molecule has 0 saturated carbocycles. The van der Waals surface area contributed by atoms with Crippen LogP contribution < -0.4 is 5.32 Å². The van der Waals surface area contributed by atoms with E-state index in [1.807, 2.05) is 19.1 Å². The van der Waals surface area contributed by atoms with E-state index >= 15 is 0 Å². The predicted molar refractivity (Wildman–Crippen MR) is 72.1 cm³/mol. The third-order valence-corrected chi connectivity index (χ3v) is 4.05. The molecule has 2 fully saturated rings. The number of nitrogens with zero attached hydrogens (tertiary/aromatic N) is 2. The minimum Gasteiger partial charge on any atom is -0.381 e. The Hall–Kier alpha value is -1.20. The van der Waals surface area contributed by atoms with Crippen LogP contribution in [0.1, 0.15) is 31.4 Å². The first-order valence-electron chi connectivity index (χ1n) is 7.04. The van der Waals surface area contributed by atoms with Gasteiger partial charge in [0, 0.05) is 25.9 Å². The number of anilines is 1. The Kier molecular flexibility index (Phi) is 3.66. The van der Waals surface area contributed by atoms with Crippen molar-refractivity contribution in [2.24, 2.45) is 0 Å². The molecule has 1 N–H and O–H groups in total. The highest BCUT2D eigenvalue weighted by molar-refractivity contribution is 5.34. The first-order chi connectivity index (χ1) is 9.26. The summed E-state index contributed by atoms with van der Waals surface area (Å²) < 4.78 is 11.5. The van der Waals surface area contributed by atoms with Crippen LogP contribution in [0.4, 0.5) is 5.82 Å². The highest BCUT2D eigenvalue weighted by Gasteiger charge is 2.39. The van der Waals surface area contributed by atoms with Crippen LogP contribution in [0.2, 0.25) is 0 Å². The van der Waals surface area contributed by atoms with E-state index in [1.165, 1.54) is 0 Å². The van der Waals surface area contributed by atoms with E-state index < -0.39 is 0 Å². The Morgan fingerprint density at radius 2 is 2.05 bits per heavy atom. The van der Waals surface area contributed by atoms with Gasteiger partial charge in [-0.1, -0.05) is 0 Å². The van der Waals surface area contributed by atoms with E-state index in [2.05, 4.69) is 15.5 Å². The molecular formula is C14H21N3O2. The lowest BCUT2D eigenvalue weighted by atomic mass is 9.84. The number of nitrogens with one attached hydrogen (secondary N) is 1. The lowest BCUT2D eigenvalue weighted by Gasteiger charge is -2.43. The van der Waals surface area contributed by atoms with Crippen LogP contribution in [0.3, 0.4) is 0 Å². The molecule has 0 bridgehead atoms. The number of ether oxygens (including phenoxy) is 2. The van der Waals surface area contributed by atoms with Gasteiger partial charge in [-0.25, -0.2) is 0 Å². The quantitative estimate of drug-likeness (QED) is 0.883. The third-order valence-electron chi connectivity index (χ3n) is 4.05. The van der Waals surface area contributed by atoms with Crippen molar-refractivity contribution in [3.63, 3.8) is 0 Å². The van der Waals surface area contributed by atoms with E-state index in [1.54, 1.807) is 0 Å². The summed E-state index contributed by atoms with van der Waals surface area (Å²) in [5.74, 6) is 0.861. The molecule has 1 aromatic heterocycles. The molecular weight excluding hydrogens is 242 g/mol. The Morgan fingerprint density at radius 3 is 2.79 bits per heavy atom. The van der Waals surface area contributed by atoms with Crippen LogP contribution >= 0.6 is 0 Å². The van der Waals surface area contributed by atoms with Gasteiger partial charge in [-0.05, 0) is 44.7 Å². The topological polar surface area (TPSA) is 56.3 Å². The SMILES string of the molecule is Cc1ccc(NC2CCOC3(CCOCC3)C2)nn1. The zero-order valence-electron chi connectivity index (χ0n) is 11.4. The molecule has 5 nitrogen and oxygen atoms in total. The number of hydrogen-bond acceptors (Lipinski definition) is 5. The summed E-state index contributed by atoms with van der Waals surface area (Å²) in [6.45, 7) is 4.40. The molecule has 2 aliphatic rings. The van der Waals surface area contributed by atoms with Crippen LogP contribution in [-0.4, -0.2) is 41.7 Å². The van der Waals surface area contributed by atoms with Gasteiger partial charge in [0.2, 0.25) is 0 Å². The number of aryl methyl sites for hydroxylation is 1. The van der Waals surface area contributed by atoms with Gasteiger partial charge in [-0.15, -0.1) is 5.10 Å². The molecule has 0 amide bonds. The Labute approximate surface area is 113 Å². The van der Waals surface area contributed by atoms with Gasteiger partial charge in [-0.2, -0.15) is 5.10 Å². The van der Waals surface area contributed by atoms with Crippen LogP contribution in [0.15, 0.2) is 12.1 Å². The maximum atomic E-state index is 6.04. The fourth-order valence-electron chi connectivity index (χ4n) is 2.93. The first-order valence-corrected chi connectivity index (χ1v) is 7.04. The highest BCUT2D eigenvalue weighted by atomic mass is 16.5. The summed E-state index contributed by atoms with van der Waals surface area (Å²) in [7, 11) is 0. The van der Waals surface area contributed by atoms with Crippen molar-refractivity contribution < 1.29 is 9.47 Å². The molecule has 1 atom stereocenters. The predicted octanol–water partition coefficient (Wildman–Crippen LogP) is 1.93. The zero-order chi connectivity index (χ0) is 13.1. The van der Waals surface area contributed by atoms with E-state index in [4.69, 9.17) is 9.47 Å². The molecule has 0 aromatic carbocycles. The largest absolute Gasteiger partial charge is 0.381 e.